The van der Waals surface area contributed by atoms with Gasteiger partial charge in [-0.3, -0.25) is 14.5 Å². The average molecular weight is 467 g/mol. The predicted molar refractivity (Wildman–Crippen MR) is 127 cm³/mol. The van der Waals surface area contributed by atoms with E-state index in [4.69, 9.17) is 9.47 Å². The van der Waals surface area contributed by atoms with Crippen LogP contribution < -0.4 is 5.56 Å². The Hall–Kier alpha value is -3.46. The second kappa shape index (κ2) is 10.2. The summed E-state index contributed by atoms with van der Waals surface area (Å²) in [6.45, 7) is 5.85. The van der Waals surface area contributed by atoms with Crippen LogP contribution in [-0.4, -0.2) is 57.5 Å². The third kappa shape index (κ3) is 4.61. The normalized spacial score (nSPS) is 16.5. The minimum Gasteiger partial charge on any atom is -0.466 e. The molecular weight excluding hydrogens is 436 g/mol. The van der Waals surface area contributed by atoms with Gasteiger partial charge >= 0.3 is 11.9 Å². The van der Waals surface area contributed by atoms with E-state index in [2.05, 4.69) is 10.00 Å². The number of benzene rings is 1. The molecular formula is C25H30N4O5. The quantitative estimate of drug-likeness (QED) is 0.494. The van der Waals surface area contributed by atoms with E-state index in [1.165, 1.54) is 12.3 Å². The van der Waals surface area contributed by atoms with Crippen molar-refractivity contribution >= 4 is 22.8 Å². The molecule has 34 heavy (non-hydrogen) atoms. The fraction of sp³-hybridized carbons (Fsp3) is 0.440. The van der Waals surface area contributed by atoms with Crippen LogP contribution in [0.5, 0.6) is 0 Å². The maximum Gasteiger partial charge on any atom is 0.341 e. The van der Waals surface area contributed by atoms with E-state index in [1.54, 1.807) is 30.1 Å². The van der Waals surface area contributed by atoms with Crippen molar-refractivity contribution in [2.45, 2.75) is 33.2 Å². The first-order valence-corrected chi connectivity index (χ1v) is 11.7. The number of piperidine rings is 1. The van der Waals surface area contributed by atoms with Gasteiger partial charge in [0.1, 0.15) is 5.56 Å². The van der Waals surface area contributed by atoms with Crippen LogP contribution >= 0.6 is 0 Å². The number of likely N-dealkylation sites (tertiary alicyclic amines) is 1. The molecule has 1 unspecified atom stereocenters. The van der Waals surface area contributed by atoms with Crippen molar-refractivity contribution in [3.63, 3.8) is 0 Å². The third-order valence-electron chi connectivity index (χ3n) is 6.22. The fourth-order valence-corrected chi connectivity index (χ4v) is 4.54. The lowest BCUT2D eigenvalue weighted by molar-refractivity contribution is -0.150. The Morgan fingerprint density at radius 3 is 2.68 bits per heavy atom. The van der Waals surface area contributed by atoms with Gasteiger partial charge < -0.3 is 14.0 Å². The van der Waals surface area contributed by atoms with E-state index in [1.807, 2.05) is 24.3 Å². The van der Waals surface area contributed by atoms with E-state index in [0.29, 0.717) is 36.6 Å². The van der Waals surface area contributed by atoms with Crippen LogP contribution in [0.1, 0.15) is 42.7 Å². The average Bonchev–Trinajstić information content (AvgIpc) is 3.25. The van der Waals surface area contributed by atoms with Crippen molar-refractivity contribution in [1.82, 2.24) is 19.2 Å². The molecule has 0 saturated carbocycles. The number of rotatable bonds is 7. The van der Waals surface area contributed by atoms with Gasteiger partial charge in [0.25, 0.3) is 5.56 Å². The highest BCUT2D eigenvalue weighted by atomic mass is 16.5. The molecule has 9 nitrogen and oxygen atoms in total. The highest BCUT2D eigenvalue weighted by Crippen LogP contribution is 2.26. The first kappa shape index (κ1) is 23.7. The van der Waals surface area contributed by atoms with Gasteiger partial charge in [-0.05, 0) is 39.3 Å². The second-order valence-electron chi connectivity index (χ2n) is 8.41. The second-order valence-corrected chi connectivity index (χ2v) is 8.41. The SMILES string of the molecule is CCOC(=O)c1cnn(-c2cc(=O)n(C)c3ccccc23)c1CN1CCCC(C(=O)OCC)C1. The number of fused-ring (bicyclic) bond motifs is 1. The van der Waals surface area contributed by atoms with Crippen molar-refractivity contribution in [2.75, 3.05) is 26.3 Å². The molecule has 0 N–H and O–H groups in total. The molecule has 2 aromatic heterocycles. The van der Waals surface area contributed by atoms with Crippen LogP contribution in [0.15, 0.2) is 41.3 Å². The molecule has 0 amide bonds. The smallest absolute Gasteiger partial charge is 0.341 e. The Morgan fingerprint density at radius 1 is 1.15 bits per heavy atom. The van der Waals surface area contributed by atoms with E-state index < -0.39 is 5.97 Å². The molecule has 1 aliphatic rings. The summed E-state index contributed by atoms with van der Waals surface area (Å²) in [5, 5.41) is 5.35. The molecule has 0 radical (unpaired) electrons. The molecule has 1 fully saturated rings. The minimum atomic E-state index is -0.462. The van der Waals surface area contributed by atoms with Crippen LogP contribution in [0, 0.1) is 5.92 Å². The number of ether oxygens (including phenoxy) is 2. The molecule has 9 heteroatoms. The lowest BCUT2D eigenvalue weighted by atomic mass is 9.98. The Bertz CT molecular complexity index is 1260. The zero-order valence-corrected chi connectivity index (χ0v) is 19.8. The maximum atomic E-state index is 12.8. The Balaban J connectivity index is 1.77. The highest BCUT2D eigenvalue weighted by Gasteiger charge is 2.29. The lowest BCUT2D eigenvalue weighted by Crippen LogP contribution is -2.39. The number of hydrogen-bond acceptors (Lipinski definition) is 7. The van der Waals surface area contributed by atoms with Gasteiger partial charge in [-0.1, -0.05) is 18.2 Å². The summed E-state index contributed by atoms with van der Waals surface area (Å²) in [4.78, 5) is 39.9. The number of esters is 2. The molecule has 3 heterocycles. The van der Waals surface area contributed by atoms with Crippen molar-refractivity contribution in [3.8, 4) is 5.69 Å². The Kier molecular flexibility index (Phi) is 7.12. The van der Waals surface area contributed by atoms with Crippen molar-refractivity contribution < 1.29 is 19.1 Å². The molecule has 4 rings (SSSR count). The van der Waals surface area contributed by atoms with Gasteiger partial charge in [0.15, 0.2) is 0 Å². The summed E-state index contributed by atoms with van der Waals surface area (Å²) in [5.41, 5.74) is 2.17. The van der Waals surface area contributed by atoms with Gasteiger partial charge in [-0.2, -0.15) is 5.10 Å². The van der Waals surface area contributed by atoms with Gasteiger partial charge in [-0.25, -0.2) is 9.48 Å². The maximum absolute atomic E-state index is 12.8. The summed E-state index contributed by atoms with van der Waals surface area (Å²) in [6.07, 6.45) is 3.12. The Labute approximate surface area is 197 Å². The fourth-order valence-electron chi connectivity index (χ4n) is 4.54. The van der Waals surface area contributed by atoms with Gasteiger partial charge in [0, 0.05) is 31.6 Å². The van der Waals surface area contributed by atoms with Crippen LogP contribution in [0.3, 0.4) is 0 Å². The van der Waals surface area contributed by atoms with E-state index in [-0.39, 0.29) is 24.1 Å². The minimum absolute atomic E-state index is 0.173. The molecule has 1 aliphatic heterocycles. The molecule has 180 valence electrons. The number of nitrogens with zero attached hydrogens (tertiary/aromatic N) is 4. The molecule has 0 bridgehead atoms. The van der Waals surface area contributed by atoms with E-state index >= 15 is 0 Å². The summed E-state index contributed by atoms with van der Waals surface area (Å²) >= 11 is 0. The number of carbonyl (C=O) groups is 2. The third-order valence-corrected chi connectivity index (χ3v) is 6.22. The molecule has 0 spiro atoms. The molecule has 0 aliphatic carbocycles. The number of para-hydroxylation sites is 1. The first-order valence-electron chi connectivity index (χ1n) is 11.7. The van der Waals surface area contributed by atoms with Crippen molar-refractivity contribution in [2.24, 2.45) is 13.0 Å². The number of aromatic nitrogens is 3. The standard InChI is InChI=1S/C25H30N4O5/c1-4-33-24(31)17-9-8-12-28(15-17)16-22-19(25(32)34-5-2)14-26-29(22)21-13-23(30)27(3)20-11-7-6-10-18(20)21/h6-7,10-11,13-14,17H,4-5,8-9,12,15-16H2,1-3H3. The van der Waals surface area contributed by atoms with Crippen LogP contribution in [0.4, 0.5) is 0 Å². The topological polar surface area (TPSA) is 95.7 Å². The molecule has 1 atom stereocenters. The van der Waals surface area contributed by atoms with Crippen LogP contribution in [-0.2, 0) is 27.9 Å². The summed E-state index contributed by atoms with van der Waals surface area (Å²) in [7, 11) is 1.73. The number of aryl methyl sites for hydroxylation is 1. The monoisotopic (exact) mass is 466 g/mol. The molecule has 1 saturated heterocycles. The lowest BCUT2D eigenvalue weighted by Gasteiger charge is -2.31. The zero-order valence-electron chi connectivity index (χ0n) is 19.8. The van der Waals surface area contributed by atoms with Gasteiger partial charge in [-0.15, -0.1) is 0 Å². The Morgan fingerprint density at radius 2 is 1.91 bits per heavy atom. The molecule has 3 aromatic rings. The number of hydrogen-bond donors (Lipinski definition) is 0. The largest absolute Gasteiger partial charge is 0.466 e. The van der Waals surface area contributed by atoms with E-state index in [0.717, 1.165) is 30.3 Å². The molecule has 1 aromatic carbocycles. The summed E-state index contributed by atoms with van der Waals surface area (Å²) in [6, 6.07) is 9.12. The van der Waals surface area contributed by atoms with Crippen molar-refractivity contribution in [3.05, 3.63) is 58.1 Å². The highest BCUT2D eigenvalue weighted by molar-refractivity contribution is 5.92. The summed E-state index contributed by atoms with van der Waals surface area (Å²) in [5.74, 6) is -0.860. The summed E-state index contributed by atoms with van der Waals surface area (Å²) < 4.78 is 13.8. The number of carbonyl (C=O) groups excluding carboxylic acids is 2. The van der Waals surface area contributed by atoms with Crippen molar-refractivity contribution in [1.29, 1.82) is 0 Å². The van der Waals surface area contributed by atoms with Gasteiger partial charge in [0.05, 0.1) is 42.2 Å². The predicted octanol–water partition coefficient (Wildman–Crippen LogP) is 2.68. The zero-order chi connectivity index (χ0) is 24.2. The van der Waals surface area contributed by atoms with Crippen LogP contribution in [0.2, 0.25) is 0 Å². The van der Waals surface area contributed by atoms with Gasteiger partial charge in [0.2, 0.25) is 0 Å². The first-order chi connectivity index (χ1) is 16.4. The number of pyridine rings is 1. The van der Waals surface area contributed by atoms with Crippen LogP contribution in [0.25, 0.3) is 16.6 Å². The van der Waals surface area contributed by atoms with E-state index in [9.17, 15) is 14.4 Å².